The van der Waals surface area contributed by atoms with Gasteiger partial charge in [0.05, 0.1) is 11.0 Å². The zero-order chi connectivity index (χ0) is 8.55. The Kier molecular flexibility index (Phi) is 1.43. The summed E-state index contributed by atoms with van der Waals surface area (Å²) in [4.78, 5) is 8.31. The zero-order valence-corrected chi connectivity index (χ0v) is 6.78. The fourth-order valence-corrected chi connectivity index (χ4v) is 1.13. The molecule has 3 heteroatoms. The molecule has 0 saturated carbocycles. The van der Waals surface area contributed by atoms with Crippen molar-refractivity contribution >= 4 is 16.7 Å². The van der Waals surface area contributed by atoms with E-state index in [9.17, 15) is 0 Å². The number of fused-ring (bicyclic) bond motifs is 1. The molecule has 3 nitrogen and oxygen atoms in total. The van der Waals surface area contributed by atoms with Crippen molar-refractivity contribution < 1.29 is 0 Å². The summed E-state index contributed by atoms with van der Waals surface area (Å²) in [5.41, 5.74) is 9.27. The number of nitrogens with zero attached hydrogens (tertiary/aromatic N) is 2. The molecule has 2 N–H and O–H groups in total. The molecule has 0 radical (unpaired) electrons. The van der Waals surface area contributed by atoms with Crippen molar-refractivity contribution in [1.82, 2.24) is 9.97 Å². The first-order chi connectivity index (χ1) is 5.77. The number of anilines is 1. The normalized spacial score (nSPS) is 10.4. The molecule has 0 unspecified atom stereocenters. The molecule has 1 heterocycles. The first kappa shape index (κ1) is 7.03. The Hall–Kier alpha value is -1.64. The molecule has 0 bridgehead atoms. The molecular weight excluding hydrogens is 150 g/mol. The molecule has 0 spiro atoms. The fourth-order valence-electron chi connectivity index (χ4n) is 1.13. The van der Waals surface area contributed by atoms with Crippen LogP contribution in [0.3, 0.4) is 0 Å². The van der Waals surface area contributed by atoms with E-state index in [1.165, 1.54) is 0 Å². The molecule has 60 valence electrons. The van der Waals surface area contributed by atoms with Gasteiger partial charge in [-0.25, -0.2) is 0 Å². The van der Waals surface area contributed by atoms with E-state index in [1.54, 1.807) is 12.4 Å². The summed E-state index contributed by atoms with van der Waals surface area (Å²) in [6, 6.07) is 3.79. The Morgan fingerprint density at radius 3 is 2.33 bits per heavy atom. The van der Waals surface area contributed by atoms with E-state index < -0.39 is 0 Å². The van der Waals surface area contributed by atoms with E-state index >= 15 is 0 Å². The lowest BCUT2D eigenvalue weighted by Gasteiger charge is -2.00. The minimum Gasteiger partial charge on any atom is -0.398 e. The maximum Gasteiger partial charge on any atom is 0.0907 e. The van der Waals surface area contributed by atoms with Crippen LogP contribution < -0.4 is 5.73 Å². The highest BCUT2D eigenvalue weighted by molar-refractivity contribution is 5.79. The number of hydrogen-bond acceptors (Lipinski definition) is 3. The van der Waals surface area contributed by atoms with E-state index in [4.69, 9.17) is 5.73 Å². The third kappa shape index (κ3) is 0.993. The van der Waals surface area contributed by atoms with Crippen LogP contribution in [0.5, 0.6) is 0 Å². The summed E-state index contributed by atoms with van der Waals surface area (Å²) in [6.45, 7) is 1.96. The third-order valence-electron chi connectivity index (χ3n) is 1.86. The Morgan fingerprint density at radius 2 is 1.67 bits per heavy atom. The lowest BCUT2D eigenvalue weighted by atomic mass is 10.2. The number of hydrogen-bond donors (Lipinski definition) is 1. The van der Waals surface area contributed by atoms with Gasteiger partial charge in [-0.15, -0.1) is 0 Å². The van der Waals surface area contributed by atoms with Crippen LogP contribution in [0, 0.1) is 6.92 Å². The standard InChI is InChI=1S/C9H9N3/c1-6-4-8-9(5-7(6)10)12-3-2-11-8/h2-5H,10H2,1H3. The van der Waals surface area contributed by atoms with Crippen molar-refractivity contribution in [3.63, 3.8) is 0 Å². The van der Waals surface area contributed by atoms with Gasteiger partial charge in [-0.2, -0.15) is 0 Å². The predicted molar refractivity (Wildman–Crippen MR) is 48.7 cm³/mol. The quantitative estimate of drug-likeness (QED) is 0.593. The highest BCUT2D eigenvalue weighted by atomic mass is 14.8. The van der Waals surface area contributed by atoms with Crippen molar-refractivity contribution in [3.8, 4) is 0 Å². The molecule has 12 heavy (non-hydrogen) atoms. The van der Waals surface area contributed by atoms with Crippen molar-refractivity contribution in [3.05, 3.63) is 30.1 Å². The van der Waals surface area contributed by atoms with E-state index in [2.05, 4.69) is 9.97 Å². The van der Waals surface area contributed by atoms with Gasteiger partial charge in [0.2, 0.25) is 0 Å². The van der Waals surface area contributed by atoms with Crippen LogP contribution in [0.15, 0.2) is 24.5 Å². The van der Waals surface area contributed by atoms with Crippen LogP contribution in [-0.2, 0) is 0 Å². The van der Waals surface area contributed by atoms with Gasteiger partial charge in [0, 0.05) is 18.1 Å². The summed E-state index contributed by atoms with van der Waals surface area (Å²) < 4.78 is 0. The van der Waals surface area contributed by atoms with Gasteiger partial charge in [0.15, 0.2) is 0 Å². The van der Waals surface area contributed by atoms with Crippen molar-refractivity contribution in [2.24, 2.45) is 0 Å². The van der Waals surface area contributed by atoms with Crippen molar-refractivity contribution in [2.45, 2.75) is 6.92 Å². The molecule has 0 aliphatic heterocycles. The molecule has 0 fully saturated rings. The summed E-state index contributed by atoms with van der Waals surface area (Å²) in [6.07, 6.45) is 3.34. The molecule has 0 amide bonds. The molecule has 0 aliphatic rings. The molecule has 1 aromatic carbocycles. The summed E-state index contributed by atoms with van der Waals surface area (Å²) in [5, 5.41) is 0. The summed E-state index contributed by atoms with van der Waals surface area (Å²) in [5.74, 6) is 0. The van der Waals surface area contributed by atoms with Crippen molar-refractivity contribution in [2.75, 3.05) is 5.73 Å². The molecular formula is C9H9N3. The van der Waals surface area contributed by atoms with E-state index in [-0.39, 0.29) is 0 Å². The van der Waals surface area contributed by atoms with Crippen molar-refractivity contribution in [1.29, 1.82) is 0 Å². The van der Waals surface area contributed by atoms with Crippen LogP contribution in [0.4, 0.5) is 5.69 Å². The predicted octanol–water partition coefficient (Wildman–Crippen LogP) is 1.52. The molecule has 2 rings (SSSR count). The third-order valence-corrected chi connectivity index (χ3v) is 1.86. The van der Waals surface area contributed by atoms with Gasteiger partial charge in [-0.1, -0.05) is 0 Å². The van der Waals surface area contributed by atoms with Gasteiger partial charge < -0.3 is 5.73 Å². The van der Waals surface area contributed by atoms with Gasteiger partial charge >= 0.3 is 0 Å². The second-order valence-electron chi connectivity index (χ2n) is 2.75. The van der Waals surface area contributed by atoms with E-state index in [1.807, 2.05) is 19.1 Å². The Morgan fingerprint density at radius 1 is 1.08 bits per heavy atom. The molecule has 0 aliphatic carbocycles. The maximum atomic E-state index is 5.72. The van der Waals surface area contributed by atoms with Crippen LogP contribution >= 0.6 is 0 Å². The number of benzene rings is 1. The van der Waals surface area contributed by atoms with Gasteiger partial charge in [0.1, 0.15) is 0 Å². The number of nitrogens with two attached hydrogens (primary N) is 1. The number of aromatic nitrogens is 2. The maximum absolute atomic E-state index is 5.72. The summed E-state index contributed by atoms with van der Waals surface area (Å²) >= 11 is 0. The first-order valence-corrected chi connectivity index (χ1v) is 3.74. The Balaban J connectivity index is 2.84. The van der Waals surface area contributed by atoms with E-state index in [0.717, 1.165) is 22.3 Å². The summed E-state index contributed by atoms with van der Waals surface area (Å²) in [7, 11) is 0. The zero-order valence-electron chi connectivity index (χ0n) is 6.78. The van der Waals surface area contributed by atoms with Crippen LogP contribution in [0.25, 0.3) is 11.0 Å². The molecule has 0 saturated heterocycles. The Bertz CT molecular complexity index is 383. The smallest absolute Gasteiger partial charge is 0.0907 e. The molecule has 2 aromatic rings. The average molecular weight is 159 g/mol. The largest absolute Gasteiger partial charge is 0.398 e. The topological polar surface area (TPSA) is 51.8 Å². The van der Waals surface area contributed by atoms with Crippen LogP contribution in [0.2, 0.25) is 0 Å². The SMILES string of the molecule is Cc1cc2nccnc2cc1N. The second kappa shape index (κ2) is 2.44. The molecule has 0 atom stereocenters. The monoisotopic (exact) mass is 159 g/mol. The highest BCUT2D eigenvalue weighted by Crippen LogP contribution is 2.16. The van der Waals surface area contributed by atoms with E-state index in [0.29, 0.717) is 0 Å². The average Bonchev–Trinajstić information content (AvgIpc) is 2.07. The van der Waals surface area contributed by atoms with Gasteiger partial charge in [0.25, 0.3) is 0 Å². The van der Waals surface area contributed by atoms with Crippen LogP contribution in [-0.4, -0.2) is 9.97 Å². The highest BCUT2D eigenvalue weighted by Gasteiger charge is 1.98. The lowest BCUT2D eigenvalue weighted by Crippen LogP contribution is -1.91. The fraction of sp³-hybridized carbons (Fsp3) is 0.111. The minimum atomic E-state index is 0.767. The Labute approximate surface area is 70.3 Å². The first-order valence-electron chi connectivity index (χ1n) is 3.74. The number of aryl methyl sites for hydroxylation is 1. The minimum absolute atomic E-state index is 0.767. The number of nitrogen functional groups attached to an aromatic ring is 1. The number of rotatable bonds is 0. The van der Waals surface area contributed by atoms with Gasteiger partial charge in [-0.3, -0.25) is 9.97 Å². The second-order valence-corrected chi connectivity index (χ2v) is 2.75. The molecule has 1 aromatic heterocycles. The van der Waals surface area contributed by atoms with Gasteiger partial charge in [-0.05, 0) is 24.6 Å². The lowest BCUT2D eigenvalue weighted by molar-refractivity contribution is 1.28. The van der Waals surface area contributed by atoms with Crippen LogP contribution in [0.1, 0.15) is 5.56 Å².